The van der Waals surface area contributed by atoms with Crippen LogP contribution in [0.25, 0.3) is 0 Å². The van der Waals surface area contributed by atoms with E-state index in [1.807, 2.05) is 0 Å². The molecule has 0 aliphatic carbocycles. The van der Waals surface area contributed by atoms with Crippen LogP contribution in [0.5, 0.6) is 5.75 Å². The molecule has 0 saturated carbocycles. The van der Waals surface area contributed by atoms with Crippen molar-refractivity contribution in [2.24, 2.45) is 0 Å². The van der Waals surface area contributed by atoms with Crippen LogP contribution in [0.1, 0.15) is 48.0 Å². The van der Waals surface area contributed by atoms with Gasteiger partial charge in [-0.2, -0.15) is 0 Å². The van der Waals surface area contributed by atoms with Gasteiger partial charge in [-0.15, -0.1) is 0 Å². The molecule has 1 aliphatic heterocycles. The van der Waals surface area contributed by atoms with Gasteiger partial charge in [-0.05, 0) is 48.6 Å². The lowest BCUT2D eigenvalue weighted by molar-refractivity contribution is -0.384. The van der Waals surface area contributed by atoms with Gasteiger partial charge in [-0.3, -0.25) is 19.5 Å². The molecule has 4 rings (SSSR count). The maximum Gasteiger partial charge on any atom is 0.356 e. The fourth-order valence-corrected chi connectivity index (χ4v) is 5.26. The normalized spacial score (nSPS) is 15.2. The van der Waals surface area contributed by atoms with Crippen LogP contribution in [0.15, 0.2) is 60.2 Å². The van der Waals surface area contributed by atoms with Crippen molar-refractivity contribution in [2.75, 3.05) is 35.5 Å². The molecule has 0 fully saturated rings. The van der Waals surface area contributed by atoms with Crippen molar-refractivity contribution in [1.29, 1.82) is 0 Å². The first-order valence-electron chi connectivity index (χ1n) is 12.9. The lowest BCUT2D eigenvalue weighted by Gasteiger charge is -2.30. The largest absolute Gasteiger partial charge is 0.497 e. The Hall–Kier alpha value is -5.90. The number of carbonyl (C=O) groups is 5. The number of nitro benzene ring substituents is 1. The van der Waals surface area contributed by atoms with Crippen LogP contribution in [0.3, 0.4) is 0 Å². The third kappa shape index (κ3) is 5.34. The van der Waals surface area contributed by atoms with Gasteiger partial charge in [0.25, 0.3) is 10.9 Å². The maximum absolute atomic E-state index is 14.5. The molecule has 15 nitrogen and oxygen atoms in total. The molecule has 2 heterocycles. The number of hydrogen-bond donors (Lipinski definition) is 0. The first kappa shape index (κ1) is 33.0. The van der Waals surface area contributed by atoms with Crippen LogP contribution in [-0.4, -0.2) is 79.9 Å². The number of hydrogen-bond acceptors (Lipinski definition) is 14. The van der Waals surface area contributed by atoms with Gasteiger partial charge in [0, 0.05) is 29.3 Å². The summed E-state index contributed by atoms with van der Waals surface area (Å²) in [5.41, 5.74) is -5.74. The number of carbonyl (C=O) groups excluding carboxylic acids is 5. The summed E-state index contributed by atoms with van der Waals surface area (Å²) in [5, 5.41) is 10.9. The van der Waals surface area contributed by atoms with E-state index in [0.717, 1.165) is 45.1 Å². The van der Waals surface area contributed by atoms with Gasteiger partial charge in [0.2, 0.25) is 5.60 Å². The van der Waals surface area contributed by atoms with Gasteiger partial charge in [-0.25, -0.2) is 19.2 Å². The third-order valence-electron chi connectivity index (χ3n) is 7.01. The van der Waals surface area contributed by atoms with Gasteiger partial charge in [0.1, 0.15) is 11.3 Å². The van der Waals surface area contributed by atoms with E-state index in [9.17, 15) is 34.1 Å². The highest BCUT2D eigenvalue weighted by Gasteiger charge is 2.58. The maximum atomic E-state index is 14.5. The Morgan fingerprint density at radius 3 is 1.96 bits per heavy atom. The minimum atomic E-state index is -2.46. The second-order valence-electron chi connectivity index (χ2n) is 9.25. The Morgan fingerprint density at radius 1 is 0.848 bits per heavy atom. The van der Waals surface area contributed by atoms with Crippen LogP contribution in [0, 0.1) is 10.1 Å². The molecule has 1 unspecified atom stereocenters. The van der Waals surface area contributed by atoms with E-state index in [4.69, 9.17) is 40.6 Å². The highest BCUT2D eigenvalue weighted by Crippen LogP contribution is 2.50. The Bertz CT molecular complexity index is 1820. The number of ether oxygens (including phenoxy) is 6. The van der Waals surface area contributed by atoms with Crippen molar-refractivity contribution >= 4 is 52.7 Å². The molecular formula is C30H24N2O13S. The number of nitro groups is 1. The van der Waals surface area contributed by atoms with E-state index < -0.39 is 73.4 Å². The van der Waals surface area contributed by atoms with E-state index >= 15 is 0 Å². The molecule has 46 heavy (non-hydrogen) atoms. The number of thiocarbonyl (C=S) groups is 1. The minimum Gasteiger partial charge on any atom is -0.497 e. The van der Waals surface area contributed by atoms with Gasteiger partial charge in [0.15, 0.2) is 11.5 Å². The molecule has 1 aliphatic rings. The molecule has 1 aromatic heterocycles. The van der Waals surface area contributed by atoms with E-state index in [1.54, 1.807) is 0 Å². The van der Waals surface area contributed by atoms with Crippen molar-refractivity contribution in [3.05, 3.63) is 104 Å². The second kappa shape index (κ2) is 13.0. The van der Waals surface area contributed by atoms with Crippen molar-refractivity contribution in [2.45, 2.75) is 5.60 Å². The van der Waals surface area contributed by atoms with Crippen LogP contribution in [-0.2, 0) is 38.9 Å². The van der Waals surface area contributed by atoms with Crippen molar-refractivity contribution in [3.63, 3.8) is 0 Å². The number of methoxy groups -OCH3 is 5. The topological polar surface area (TPSA) is 189 Å². The standard InChI is InChI=1S/C30H24N2O13S/c1-40-18-12-6-15(7-13-18)24(34)22-21(27(36)43-4)23(28(37)44-5)31-25(22)30(45-29(31)46,16-8-10-17(11-9-16)32(38)39)19(26(35)42-3)14-20(33)41-2/h6-14H,1-5H3. The first-order chi connectivity index (χ1) is 21.9. The summed E-state index contributed by atoms with van der Waals surface area (Å²) in [6.45, 7) is 0. The lowest BCUT2D eigenvalue weighted by atomic mass is 9.79. The summed E-state index contributed by atoms with van der Waals surface area (Å²) in [6, 6.07) is 10.2. The van der Waals surface area contributed by atoms with E-state index in [-0.39, 0.29) is 16.8 Å². The predicted molar refractivity (Wildman–Crippen MR) is 159 cm³/mol. The van der Waals surface area contributed by atoms with Gasteiger partial charge >= 0.3 is 23.9 Å². The molecule has 16 heteroatoms. The zero-order valence-electron chi connectivity index (χ0n) is 24.8. The second-order valence-corrected chi connectivity index (χ2v) is 9.60. The molecule has 0 spiro atoms. The Labute approximate surface area is 265 Å². The Balaban J connectivity index is 2.29. The molecule has 0 N–H and O–H groups in total. The molecule has 0 saturated heterocycles. The Kier molecular flexibility index (Phi) is 9.32. The average molecular weight is 653 g/mol. The van der Waals surface area contributed by atoms with Gasteiger partial charge < -0.3 is 28.4 Å². The molecule has 0 bridgehead atoms. The van der Waals surface area contributed by atoms with E-state index in [1.165, 1.54) is 43.5 Å². The number of benzene rings is 2. The number of fused-ring (bicyclic) bond motifs is 1. The van der Waals surface area contributed by atoms with Crippen LogP contribution in [0.2, 0.25) is 0 Å². The lowest BCUT2D eigenvalue weighted by Crippen LogP contribution is -2.37. The zero-order valence-corrected chi connectivity index (χ0v) is 25.6. The molecule has 0 radical (unpaired) electrons. The zero-order chi connectivity index (χ0) is 33.9. The summed E-state index contributed by atoms with van der Waals surface area (Å²) in [7, 11) is 5.44. The SMILES string of the molecule is COC(=O)C=C(C(=O)OC)C1(c2ccc([N+](=O)[O-])cc2)OC(=S)n2c(C(=O)OC)c(C(=O)OC)c(C(=O)c3ccc(OC)cc3)c21. The summed E-state index contributed by atoms with van der Waals surface area (Å²) in [6.07, 6.45) is 0.704. The summed E-state index contributed by atoms with van der Waals surface area (Å²) < 4.78 is 31.9. The smallest absolute Gasteiger partial charge is 0.356 e. The minimum absolute atomic E-state index is 0.0252. The number of rotatable bonds is 10. The molecular weight excluding hydrogens is 628 g/mol. The first-order valence-corrected chi connectivity index (χ1v) is 13.3. The fraction of sp³-hybridized carbons (Fsp3) is 0.200. The van der Waals surface area contributed by atoms with Gasteiger partial charge in [-0.1, -0.05) is 0 Å². The monoisotopic (exact) mass is 652 g/mol. The number of nitrogens with zero attached hydrogens (tertiary/aromatic N) is 2. The molecule has 1 atom stereocenters. The van der Waals surface area contributed by atoms with Crippen LogP contribution >= 0.6 is 12.2 Å². The fourth-order valence-electron chi connectivity index (χ4n) is 4.95. The molecule has 2 aromatic carbocycles. The highest BCUT2D eigenvalue weighted by molar-refractivity contribution is 7.80. The summed E-state index contributed by atoms with van der Waals surface area (Å²) in [5.74, 6) is -5.09. The van der Waals surface area contributed by atoms with E-state index in [0.29, 0.717) is 11.8 Å². The number of ketones is 1. The summed E-state index contributed by atoms with van der Waals surface area (Å²) >= 11 is 5.51. The number of non-ortho nitro benzene ring substituents is 1. The van der Waals surface area contributed by atoms with Crippen molar-refractivity contribution < 1.29 is 57.3 Å². The number of esters is 4. The molecule has 238 valence electrons. The van der Waals surface area contributed by atoms with E-state index in [2.05, 4.69) is 0 Å². The van der Waals surface area contributed by atoms with Gasteiger partial charge in [0.05, 0.1) is 57.3 Å². The van der Waals surface area contributed by atoms with Crippen molar-refractivity contribution in [3.8, 4) is 5.75 Å². The highest BCUT2D eigenvalue weighted by atomic mass is 32.1. The van der Waals surface area contributed by atoms with Crippen LogP contribution < -0.4 is 4.74 Å². The molecule has 0 amide bonds. The molecule has 3 aromatic rings. The van der Waals surface area contributed by atoms with Crippen LogP contribution in [0.4, 0.5) is 5.69 Å². The summed E-state index contributed by atoms with van der Waals surface area (Å²) in [4.78, 5) is 78.2. The average Bonchev–Trinajstić information content (AvgIpc) is 3.59. The predicted octanol–water partition coefficient (Wildman–Crippen LogP) is 2.89. The number of aromatic nitrogens is 1. The van der Waals surface area contributed by atoms with Crippen molar-refractivity contribution in [1.82, 2.24) is 4.57 Å². The Morgan fingerprint density at radius 2 is 1.46 bits per heavy atom. The third-order valence-corrected chi connectivity index (χ3v) is 7.27. The quantitative estimate of drug-likeness (QED) is 0.0591.